The van der Waals surface area contributed by atoms with Crippen molar-refractivity contribution in [2.75, 3.05) is 13.7 Å². The van der Waals surface area contributed by atoms with E-state index < -0.39 is 17.2 Å². The maximum atomic E-state index is 12.5. The number of methoxy groups -OCH3 is 1. The first kappa shape index (κ1) is 13.2. The van der Waals surface area contributed by atoms with Crippen LogP contribution in [-0.4, -0.2) is 24.5 Å². The van der Waals surface area contributed by atoms with E-state index in [0.717, 1.165) is 0 Å². The molecule has 0 heterocycles. The number of alkyl halides is 5. The van der Waals surface area contributed by atoms with Gasteiger partial charge in [0, 0.05) is 20.1 Å². The van der Waals surface area contributed by atoms with Crippen molar-refractivity contribution in [3.63, 3.8) is 0 Å². The first-order valence-corrected chi connectivity index (χ1v) is 4.54. The van der Waals surface area contributed by atoms with Crippen molar-refractivity contribution in [1.29, 1.82) is 0 Å². The molecule has 0 saturated carbocycles. The Balaban J connectivity index is 3.77. The van der Waals surface area contributed by atoms with Gasteiger partial charge in [0.1, 0.15) is 0 Å². The van der Waals surface area contributed by atoms with Gasteiger partial charge < -0.3 is 4.74 Å². The fourth-order valence-electron chi connectivity index (χ4n) is 0.735. The third-order valence-corrected chi connectivity index (χ3v) is 2.08. The van der Waals surface area contributed by atoms with Crippen LogP contribution in [0.3, 0.4) is 0 Å². The Morgan fingerprint density at radius 1 is 1.15 bits per heavy atom. The van der Waals surface area contributed by atoms with Crippen molar-refractivity contribution >= 4 is 15.9 Å². The van der Waals surface area contributed by atoms with E-state index in [4.69, 9.17) is 0 Å². The second kappa shape index (κ2) is 5.14. The maximum Gasteiger partial charge on any atom is 0.363 e. The van der Waals surface area contributed by atoms with Gasteiger partial charge in [0.15, 0.2) is 0 Å². The van der Waals surface area contributed by atoms with Gasteiger partial charge in [-0.15, -0.1) is 0 Å². The predicted octanol–water partition coefficient (Wildman–Crippen LogP) is 3.43. The van der Waals surface area contributed by atoms with Crippen molar-refractivity contribution in [3.05, 3.63) is 0 Å². The lowest BCUT2D eigenvalue weighted by molar-refractivity contribution is -0.152. The molecular formula is C7H11BrF4O. The molecular weight excluding hydrogens is 256 g/mol. The molecule has 0 aliphatic rings. The molecule has 0 aromatic rings. The summed E-state index contributed by atoms with van der Waals surface area (Å²) < 4.78 is 53.9. The lowest BCUT2D eigenvalue weighted by Crippen LogP contribution is -2.34. The molecule has 1 nitrogen and oxygen atoms in total. The second-order valence-corrected chi connectivity index (χ2v) is 3.65. The molecule has 0 unspecified atom stereocenters. The predicted molar refractivity (Wildman–Crippen MR) is 44.5 cm³/mol. The summed E-state index contributed by atoms with van der Waals surface area (Å²) in [4.78, 5) is -4.12. The van der Waals surface area contributed by atoms with Gasteiger partial charge in [-0.2, -0.15) is 17.6 Å². The van der Waals surface area contributed by atoms with Gasteiger partial charge in [-0.25, -0.2) is 0 Å². The molecule has 0 saturated heterocycles. The second-order valence-electron chi connectivity index (χ2n) is 2.65. The lowest BCUT2D eigenvalue weighted by Gasteiger charge is -2.20. The molecule has 0 bridgehead atoms. The third kappa shape index (κ3) is 4.81. The Labute approximate surface area is 82.6 Å². The van der Waals surface area contributed by atoms with Gasteiger partial charge in [0.25, 0.3) is 0 Å². The van der Waals surface area contributed by atoms with Crippen LogP contribution in [0.2, 0.25) is 0 Å². The highest BCUT2D eigenvalue weighted by Crippen LogP contribution is 2.42. The van der Waals surface area contributed by atoms with Gasteiger partial charge in [0.05, 0.1) is 0 Å². The molecule has 0 atom stereocenters. The average Bonchev–Trinajstić information content (AvgIpc) is 1.96. The normalized spacial score (nSPS) is 13.4. The Morgan fingerprint density at radius 2 is 1.69 bits per heavy atom. The summed E-state index contributed by atoms with van der Waals surface area (Å²) >= 11 is 1.65. The lowest BCUT2D eigenvalue weighted by atomic mass is 10.1. The first-order valence-electron chi connectivity index (χ1n) is 3.75. The number of ether oxygens (including phenoxy) is 1. The number of rotatable bonds is 6. The van der Waals surface area contributed by atoms with Gasteiger partial charge >= 0.3 is 10.8 Å². The first-order chi connectivity index (χ1) is 5.81. The molecule has 6 heteroatoms. The number of hydrogen-bond acceptors (Lipinski definition) is 1. The number of unbranched alkanes of at least 4 members (excludes halogenated alkanes) is 1. The average molecular weight is 267 g/mol. The van der Waals surface area contributed by atoms with Gasteiger partial charge in [0.2, 0.25) is 0 Å². The minimum Gasteiger partial charge on any atom is -0.385 e. The van der Waals surface area contributed by atoms with Crippen LogP contribution >= 0.6 is 15.9 Å². The summed E-state index contributed by atoms with van der Waals surface area (Å²) in [5.74, 6) is -3.99. The largest absolute Gasteiger partial charge is 0.385 e. The molecule has 0 aliphatic carbocycles. The fraction of sp³-hybridized carbons (Fsp3) is 1.00. The van der Waals surface area contributed by atoms with Crippen molar-refractivity contribution < 1.29 is 22.3 Å². The van der Waals surface area contributed by atoms with Crippen LogP contribution in [-0.2, 0) is 4.74 Å². The van der Waals surface area contributed by atoms with Crippen LogP contribution < -0.4 is 0 Å². The maximum absolute atomic E-state index is 12.5. The molecule has 0 aromatic heterocycles. The zero-order valence-electron chi connectivity index (χ0n) is 7.13. The summed E-state index contributed by atoms with van der Waals surface area (Å²) in [6.07, 6.45) is -0.466. The zero-order valence-corrected chi connectivity index (χ0v) is 8.71. The SMILES string of the molecule is COCCCCC(F)(F)C(F)(F)Br. The number of hydrogen-bond donors (Lipinski definition) is 0. The van der Waals surface area contributed by atoms with Crippen molar-refractivity contribution in [2.24, 2.45) is 0 Å². The Hall–Kier alpha value is 0.160. The smallest absolute Gasteiger partial charge is 0.363 e. The highest BCUT2D eigenvalue weighted by molar-refractivity contribution is 9.10. The van der Waals surface area contributed by atoms with Crippen LogP contribution in [0.15, 0.2) is 0 Å². The van der Waals surface area contributed by atoms with E-state index in [9.17, 15) is 17.6 Å². The summed E-state index contributed by atoms with van der Waals surface area (Å²) in [7, 11) is 1.43. The van der Waals surface area contributed by atoms with E-state index in [0.29, 0.717) is 13.0 Å². The molecule has 0 spiro atoms. The summed E-state index contributed by atoms with van der Waals surface area (Å²) in [5.41, 5.74) is 0. The third-order valence-electron chi connectivity index (χ3n) is 1.50. The topological polar surface area (TPSA) is 9.23 Å². The standard InChI is InChI=1S/C7H11BrF4O/c1-13-5-3-2-4-6(9,10)7(8,11)12/h2-5H2,1H3. The molecule has 0 radical (unpaired) electrons. The monoisotopic (exact) mass is 266 g/mol. The van der Waals surface area contributed by atoms with Gasteiger partial charge in [-0.3, -0.25) is 0 Å². The molecule has 0 fully saturated rings. The summed E-state index contributed by atoms with van der Waals surface area (Å²) in [6, 6.07) is 0. The van der Waals surface area contributed by atoms with Crippen LogP contribution in [0.25, 0.3) is 0 Å². The Morgan fingerprint density at radius 3 is 2.08 bits per heavy atom. The van der Waals surface area contributed by atoms with Crippen molar-refractivity contribution in [1.82, 2.24) is 0 Å². The molecule has 80 valence electrons. The molecule has 13 heavy (non-hydrogen) atoms. The van der Waals surface area contributed by atoms with Crippen LogP contribution in [0, 0.1) is 0 Å². The van der Waals surface area contributed by atoms with E-state index in [1.807, 2.05) is 0 Å². The summed E-state index contributed by atoms with van der Waals surface area (Å²) in [5, 5.41) is 0. The Kier molecular flexibility index (Phi) is 5.21. The molecule has 0 N–H and O–H groups in total. The minimum atomic E-state index is -4.12. The van der Waals surface area contributed by atoms with E-state index in [1.165, 1.54) is 7.11 Å². The van der Waals surface area contributed by atoms with E-state index >= 15 is 0 Å². The van der Waals surface area contributed by atoms with E-state index in [2.05, 4.69) is 4.74 Å². The van der Waals surface area contributed by atoms with Crippen LogP contribution in [0.1, 0.15) is 19.3 Å². The van der Waals surface area contributed by atoms with Crippen LogP contribution in [0.5, 0.6) is 0 Å². The van der Waals surface area contributed by atoms with E-state index in [-0.39, 0.29) is 6.42 Å². The highest BCUT2D eigenvalue weighted by Gasteiger charge is 2.53. The van der Waals surface area contributed by atoms with Gasteiger partial charge in [-0.1, -0.05) is 0 Å². The van der Waals surface area contributed by atoms with Crippen LogP contribution in [0.4, 0.5) is 17.6 Å². The Bertz CT molecular complexity index is 146. The molecule has 0 amide bonds. The molecule has 0 rings (SSSR count). The van der Waals surface area contributed by atoms with Crippen molar-refractivity contribution in [3.8, 4) is 0 Å². The molecule has 0 aromatic carbocycles. The fourth-order valence-corrected chi connectivity index (χ4v) is 0.933. The number of halogens is 5. The quantitative estimate of drug-likeness (QED) is 0.407. The highest BCUT2D eigenvalue weighted by atomic mass is 79.9. The van der Waals surface area contributed by atoms with Gasteiger partial charge in [-0.05, 0) is 28.8 Å². The molecule has 0 aliphatic heterocycles. The van der Waals surface area contributed by atoms with E-state index in [1.54, 1.807) is 15.9 Å². The minimum absolute atomic E-state index is 0.0159. The summed E-state index contributed by atoms with van der Waals surface area (Å²) in [6.45, 7) is 0.309. The zero-order chi connectivity index (χ0) is 10.5. The van der Waals surface area contributed by atoms with Crippen molar-refractivity contribution in [2.45, 2.75) is 30.0 Å².